The molecule has 3 aliphatic rings. The second-order valence-electron chi connectivity index (χ2n) is 12.2. The van der Waals surface area contributed by atoms with Gasteiger partial charge in [-0.05, 0) is 0 Å². The molecule has 4 aromatic rings. The third-order valence-electron chi connectivity index (χ3n) is 9.65. The Labute approximate surface area is 283 Å². The number of fused-ring (bicyclic) bond motifs is 2. The normalized spacial score (nSPS) is 23.6. The predicted octanol–water partition coefficient (Wildman–Crippen LogP) is 10.5. The van der Waals surface area contributed by atoms with Gasteiger partial charge in [-0.25, -0.2) is 0 Å². The zero-order valence-corrected chi connectivity index (χ0v) is 26.8. The Morgan fingerprint density at radius 2 is 0.760 bits per heavy atom. The van der Waals surface area contributed by atoms with Crippen LogP contribution in [0.4, 0.5) is 52.7 Å². The van der Waals surface area contributed by atoms with Crippen LogP contribution in [-0.2, 0) is 30.4 Å². The first-order valence-corrected chi connectivity index (χ1v) is 17.6. The van der Waals surface area contributed by atoms with Crippen LogP contribution in [0, 0.1) is 0 Å². The monoisotopic (exact) mass is 779 g/mol. The molecular weight excluding hydrogens is 762 g/mol. The standard InChI is InChI=1S/C32H18Cl2F12O3P/c33-20-13-9-18(10-14-20)26(19-11-15-21(34)16-12-19)17-50(47-26,24-7-3-1-5-22(24)27(48-50,29(35,36)37)30(38,39)40)25-8-4-2-6-23(25)28(49-50,31(41,42)43)32(44,45)46/h1-16H,17H2/q-1. The van der Waals surface area contributed by atoms with Gasteiger partial charge in [0.1, 0.15) is 0 Å². The van der Waals surface area contributed by atoms with Crippen LogP contribution in [0.3, 0.4) is 0 Å². The van der Waals surface area contributed by atoms with E-state index in [1.165, 1.54) is 48.5 Å². The van der Waals surface area contributed by atoms with E-state index in [2.05, 4.69) is 0 Å². The van der Waals surface area contributed by atoms with Crippen LogP contribution in [0.2, 0.25) is 10.0 Å². The molecule has 268 valence electrons. The minimum absolute atomic E-state index is 0.0743. The Balaban J connectivity index is 1.73. The molecule has 3 heterocycles. The summed E-state index contributed by atoms with van der Waals surface area (Å²) >= 11 is 12.1. The Kier molecular flexibility index (Phi) is 6.83. The summed E-state index contributed by atoms with van der Waals surface area (Å²) in [6, 6.07) is 14.4. The van der Waals surface area contributed by atoms with Gasteiger partial charge in [-0.1, -0.05) is 0 Å². The van der Waals surface area contributed by atoms with Crippen molar-refractivity contribution in [2.75, 3.05) is 6.16 Å². The van der Waals surface area contributed by atoms with E-state index in [4.69, 9.17) is 36.8 Å². The number of alkyl halides is 12. The van der Waals surface area contributed by atoms with Gasteiger partial charge in [-0.3, -0.25) is 0 Å². The van der Waals surface area contributed by atoms with Crippen LogP contribution >= 0.6 is 29.8 Å². The number of hydrogen-bond acceptors (Lipinski definition) is 3. The molecule has 0 unspecified atom stereocenters. The summed E-state index contributed by atoms with van der Waals surface area (Å²) in [6.07, 6.45) is -27.8. The molecule has 0 N–H and O–H groups in total. The average Bonchev–Trinajstić information content (AvgIpc) is 3.42. The van der Waals surface area contributed by atoms with E-state index in [0.717, 1.165) is 12.1 Å². The fourth-order valence-corrected chi connectivity index (χ4v) is 16.5. The summed E-state index contributed by atoms with van der Waals surface area (Å²) in [6.45, 7) is -8.24. The molecule has 1 spiro atoms. The SMILES string of the molecule is FC(F)(F)C1(C(F)(F)F)O[P-]23(CC(c4ccc(Cl)cc4)(c4ccc(Cl)cc4)O2)(OC(C(F)(F)F)(C(F)(F)F)c2ccccc23)c2ccccc21. The summed E-state index contributed by atoms with van der Waals surface area (Å²) in [7, 11) is 0. The van der Waals surface area contributed by atoms with Crippen molar-refractivity contribution in [3.8, 4) is 0 Å². The summed E-state index contributed by atoms with van der Waals surface area (Å²) in [5, 5.41) is -2.64. The maximum absolute atomic E-state index is 15.3. The first-order chi connectivity index (χ1) is 22.9. The first-order valence-electron chi connectivity index (χ1n) is 14.2. The molecule has 0 radical (unpaired) electrons. The fourth-order valence-electron chi connectivity index (χ4n) is 7.91. The fraction of sp³-hybridized carbons (Fsp3) is 0.250. The molecule has 1 fully saturated rings. The maximum atomic E-state index is 15.3. The van der Waals surface area contributed by atoms with E-state index in [9.17, 15) is 0 Å². The second-order valence-corrected chi connectivity index (χ2v) is 18.1. The number of hydrogen-bond donors (Lipinski definition) is 0. The van der Waals surface area contributed by atoms with Crippen molar-refractivity contribution in [3.63, 3.8) is 0 Å². The summed E-state index contributed by atoms with van der Waals surface area (Å²) in [4.78, 5) is 0. The Bertz CT molecular complexity index is 1880. The molecule has 1 saturated heterocycles. The van der Waals surface area contributed by atoms with Crippen molar-refractivity contribution in [1.82, 2.24) is 0 Å². The minimum atomic E-state index is -8.24. The molecular formula is C32H18Cl2F12O3P-. The van der Waals surface area contributed by atoms with E-state index < -0.39 is 76.0 Å². The number of rotatable bonds is 2. The van der Waals surface area contributed by atoms with Crippen LogP contribution < -0.4 is 10.6 Å². The molecule has 0 amide bonds. The molecule has 18 heteroatoms. The quantitative estimate of drug-likeness (QED) is 0.150. The van der Waals surface area contributed by atoms with Crippen LogP contribution in [0.25, 0.3) is 0 Å². The Hall–Kier alpha value is -3.07. The molecule has 50 heavy (non-hydrogen) atoms. The molecule has 3 nitrogen and oxygen atoms in total. The van der Waals surface area contributed by atoms with Gasteiger partial charge < -0.3 is 0 Å². The van der Waals surface area contributed by atoms with Gasteiger partial charge >= 0.3 is 284 Å². The molecule has 7 rings (SSSR count). The van der Waals surface area contributed by atoms with E-state index in [1.54, 1.807) is 0 Å². The van der Waals surface area contributed by atoms with E-state index in [1.807, 2.05) is 0 Å². The van der Waals surface area contributed by atoms with Crippen LogP contribution in [0.1, 0.15) is 22.3 Å². The molecule has 3 aliphatic heterocycles. The summed E-state index contributed by atoms with van der Waals surface area (Å²) in [5.74, 6) is 0. The van der Waals surface area contributed by atoms with Gasteiger partial charge in [0, 0.05) is 0 Å². The zero-order chi connectivity index (χ0) is 36.7. The van der Waals surface area contributed by atoms with Crippen molar-refractivity contribution in [3.05, 3.63) is 129 Å². The van der Waals surface area contributed by atoms with Gasteiger partial charge in [-0.2, -0.15) is 0 Å². The van der Waals surface area contributed by atoms with Crippen molar-refractivity contribution in [2.45, 2.75) is 41.5 Å². The predicted molar refractivity (Wildman–Crippen MR) is 158 cm³/mol. The van der Waals surface area contributed by atoms with Crippen LogP contribution in [0.5, 0.6) is 0 Å². The van der Waals surface area contributed by atoms with Crippen molar-refractivity contribution in [2.24, 2.45) is 0 Å². The van der Waals surface area contributed by atoms with Crippen molar-refractivity contribution in [1.29, 1.82) is 0 Å². The van der Waals surface area contributed by atoms with Gasteiger partial charge in [0.25, 0.3) is 0 Å². The third-order valence-corrected chi connectivity index (χ3v) is 16.7. The van der Waals surface area contributed by atoms with Crippen molar-refractivity contribution < 1.29 is 66.3 Å². The van der Waals surface area contributed by atoms with Gasteiger partial charge in [0.2, 0.25) is 0 Å². The average molecular weight is 780 g/mol. The van der Waals surface area contributed by atoms with Gasteiger partial charge in [0.15, 0.2) is 0 Å². The Morgan fingerprint density at radius 3 is 1.06 bits per heavy atom. The number of halogens is 14. The van der Waals surface area contributed by atoms with E-state index in [0.29, 0.717) is 24.3 Å². The van der Waals surface area contributed by atoms with Crippen molar-refractivity contribution >= 4 is 40.4 Å². The summed E-state index contributed by atoms with van der Waals surface area (Å²) in [5.41, 5.74) is -17.4. The second kappa shape index (κ2) is 9.67. The zero-order valence-electron chi connectivity index (χ0n) is 24.4. The van der Waals surface area contributed by atoms with Crippen LogP contribution in [-0.4, -0.2) is 30.9 Å². The summed E-state index contributed by atoms with van der Waals surface area (Å²) < 4.78 is 200. The third kappa shape index (κ3) is 3.81. The van der Waals surface area contributed by atoms with E-state index >= 15 is 52.7 Å². The molecule has 0 atom stereocenters. The Morgan fingerprint density at radius 1 is 0.460 bits per heavy atom. The molecule has 0 aromatic heterocycles. The van der Waals surface area contributed by atoms with Gasteiger partial charge in [-0.15, -0.1) is 0 Å². The molecule has 0 saturated carbocycles. The molecule has 0 aliphatic carbocycles. The van der Waals surface area contributed by atoms with Gasteiger partial charge in [0.05, 0.1) is 0 Å². The topological polar surface area (TPSA) is 27.7 Å². The first kappa shape index (κ1) is 35.3. The van der Waals surface area contributed by atoms with E-state index in [-0.39, 0.29) is 33.3 Å². The molecule has 4 aromatic carbocycles. The number of benzene rings is 4. The van der Waals surface area contributed by atoms with Crippen LogP contribution in [0.15, 0.2) is 97.1 Å². The molecule has 0 bridgehead atoms.